The van der Waals surface area contributed by atoms with E-state index in [1.807, 2.05) is 54.6 Å². The highest BCUT2D eigenvalue weighted by Gasteiger charge is 2.30. The van der Waals surface area contributed by atoms with Crippen molar-refractivity contribution in [2.45, 2.75) is 6.18 Å². The van der Waals surface area contributed by atoms with Gasteiger partial charge in [0.1, 0.15) is 5.01 Å². The van der Waals surface area contributed by atoms with Crippen LogP contribution in [0.2, 0.25) is 0 Å². The Hall–Kier alpha value is -3.52. The van der Waals surface area contributed by atoms with Crippen LogP contribution < -0.4 is 0 Å². The molecule has 0 bridgehead atoms. The quantitative estimate of drug-likeness (QED) is 0.347. The van der Waals surface area contributed by atoms with Crippen LogP contribution in [0.1, 0.15) is 5.56 Å². The molecule has 4 nitrogen and oxygen atoms in total. The van der Waals surface area contributed by atoms with Gasteiger partial charge in [0.05, 0.1) is 5.56 Å². The van der Waals surface area contributed by atoms with E-state index in [0.717, 1.165) is 28.8 Å². The molecule has 0 unspecified atom stereocenters. The predicted molar refractivity (Wildman–Crippen MR) is 110 cm³/mol. The Morgan fingerprint density at radius 3 is 2.07 bits per heavy atom. The molecule has 0 aliphatic rings. The van der Waals surface area contributed by atoms with E-state index in [-0.39, 0.29) is 0 Å². The normalized spacial score (nSPS) is 11.8. The van der Waals surface area contributed by atoms with Crippen molar-refractivity contribution in [3.63, 3.8) is 0 Å². The first-order chi connectivity index (χ1) is 14.5. The van der Waals surface area contributed by atoms with Crippen LogP contribution in [0.15, 0.2) is 78.9 Å². The van der Waals surface area contributed by atoms with E-state index in [1.54, 1.807) is 4.52 Å². The average Bonchev–Trinajstić information content (AvgIpc) is 3.35. The molecule has 0 amide bonds. The lowest BCUT2D eigenvalue weighted by atomic mass is 9.99. The van der Waals surface area contributed by atoms with Crippen molar-refractivity contribution < 1.29 is 13.2 Å². The monoisotopic (exact) mass is 422 g/mol. The fraction of sp³-hybridized carbons (Fsp3) is 0.0455. The molecular weight excluding hydrogens is 409 g/mol. The van der Waals surface area contributed by atoms with Crippen LogP contribution in [-0.2, 0) is 6.18 Å². The van der Waals surface area contributed by atoms with Crippen LogP contribution in [0.5, 0.6) is 0 Å². The number of alkyl halides is 3. The van der Waals surface area contributed by atoms with E-state index in [9.17, 15) is 13.2 Å². The molecular formula is C22H13F3N4S. The summed E-state index contributed by atoms with van der Waals surface area (Å²) in [6.45, 7) is 0. The molecule has 0 radical (unpaired) electrons. The first-order valence-corrected chi connectivity index (χ1v) is 9.87. The number of hydrogen-bond acceptors (Lipinski definition) is 4. The Kier molecular flexibility index (Phi) is 4.36. The van der Waals surface area contributed by atoms with Crippen molar-refractivity contribution in [3.05, 3.63) is 84.4 Å². The molecule has 0 saturated carbocycles. The zero-order chi connectivity index (χ0) is 20.7. The van der Waals surface area contributed by atoms with Gasteiger partial charge in [-0.1, -0.05) is 78.1 Å². The number of aromatic nitrogens is 4. The number of fused-ring (bicyclic) bond motifs is 1. The third-order valence-electron chi connectivity index (χ3n) is 4.70. The highest BCUT2D eigenvalue weighted by Crippen LogP contribution is 2.37. The Labute approximate surface area is 173 Å². The Balaban J connectivity index is 1.59. The van der Waals surface area contributed by atoms with Gasteiger partial charge in [-0.05, 0) is 23.3 Å². The van der Waals surface area contributed by atoms with Gasteiger partial charge in [0.25, 0.3) is 0 Å². The molecule has 148 valence electrons. The maximum Gasteiger partial charge on any atom is 0.416 e. The second-order valence-corrected chi connectivity index (χ2v) is 7.57. The molecule has 0 aliphatic heterocycles. The third kappa shape index (κ3) is 3.25. The molecule has 5 rings (SSSR count). The van der Waals surface area contributed by atoms with Crippen LogP contribution >= 0.6 is 11.3 Å². The summed E-state index contributed by atoms with van der Waals surface area (Å²) in [5.74, 6) is 0.639. The third-order valence-corrected chi connectivity index (χ3v) is 5.64. The van der Waals surface area contributed by atoms with Gasteiger partial charge in [-0.3, -0.25) is 0 Å². The molecule has 0 saturated heterocycles. The molecule has 0 N–H and O–H groups in total. The first kappa shape index (κ1) is 18.5. The largest absolute Gasteiger partial charge is 0.416 e. The summed E-state index contributed by atoms with van der Waals surface area (Å²) in [5, 5.41) is 13.9. The zero-order valence-electron chi connectivity index (χ0n) is 15.3. The summed E-state index contributed by atoms with van der Waals surface area (Å²) in [6, 6.07) is 22.3. The number of rotatable bonds is 3. The molecule has 8 heteroatoms. The smallest absolute Gasteiger partial charge is 0.182 e. The molecule has 0 atom stereocenters. The van der Waals surface area contributed by atoms with E-state index >= 15 is 0 Å². The lowest BCUT2D eigenvalue weighted by Crippen LogP contribution is -2.04. The van der Waals surface area contributed by atoms with E-state index in [2.05, 4.69) is 10.2 Å². The highest BCUT2D eigenvalue weighted by atomic mass is 32.1. The minimum absolute atomic E-state index is 0.639. The van der Waals surface area contributed by atoms with Gasteiger partial charge in [0, 0.05) is 11.1 Å². The van der Waals surface area contributed by atoms with Gasteiger partial charge in [-0.2, -0.15) is 22.8 Å². The van der Waals surface area contributed by atoms with Crippen molar-refractivity contribution in [1.82, 2.24) is 19.8 Å². The second-order valence-electron chi connectivity index (χ2n) is 6.61. The minimum atomic E-state index is -4.36. The van der Waals surface area contributed by atoms with Gasteiger partial charge < -0.3 is 0 Å². The SMILES string of the molecule is FC(F)(F)c1ccc(-c2ccccc2-c2nn3c(-c4ccccc4)nnc3s2)cc1. The van der Waals surface area contributed by atoms with E-state index in [4.69, 9.17) is 5.10 Å². The molecule has 0 spiro atoms. The highest BCUT2D eigenvalue weighted by molar-refractivity contribution is 7.19. The molecule has 2 aromatic heterocycles. The molecule has 2 heterocycles. The standard InChI is InChI=1S/C22H13F3N4S/c23-22(24,25)16-12-10-14(11-13-16)17-8-4-5-9-18(17)20-28-29-19(26-27-21(29)30-20)15-6-2-1-3-7-15/h1-13H. The van der Waals surface area contributed by atoms with Gasteiger partial charge in [0.15, 0.2) is 5.82 Å². The minimum Gasteiger partial charge on any atom is -0.182 e. The molecule has 30 heavy (non-hydrogen) atoms. The van der Waals surface area contributed by atoms with E-state index < -0.39 is 11.7 Å². The van der Waals surface area contributed by atoms with Crippen LogP contribution in [0.4, 0.5) is 13.2 Å². The maximum absolute atomic E-state index is 12.9. The number of hydrogen-bond donors (Lipinski definition) is 0. The fourth-order valence-corrected chi connectivity index (χ4v) is 4.13. The zero-order valence-corrected chi connectivity index (χ0v) is 16.2. The van der Waals surface area contributed by atoms with Crippen molar-refractivity contribution in [2.24, 2.45) is 0 Å². The second kappa shape index (κ2) is 7.07. The van der Waals surface area contributed by atoms with Crippen molar-refractivity contribution >= 4 is 16.3 Å². The summed E-state index contributed by atoms with van der Waals surface area (Å²) < 4.78 is 40.4. The van der Waals surface area contributed by atoms with Crippen LogP contribution in [0, 0.1) is 0 Å². The lowest BCUT2D eigenvalue weighted by molar-refractivity contribution is -0.137. The molecule has 0 fully saturated rings. The summed E-state index contributed by atoms with van der Waals surface area (Å²) in [7, 11) is 0. The van der Waals surface area contributed by atoms with Gasteiger partial charge in [-0.25, -0.2) is 0 Å². The maximum atomic E-state index is 12.9. The van der Waals surface area contributed by atoms with Crippen LogP contribution in [0.25, 0.3) is 38.0 Å². The predicted octanol–water partition coefficient (Wildman–Crippen LogP) is 6.21. The van der Waals surface area contributed by atoms with Crippen LogP contribution in [0.3, 0.4) is 0 Å². The Bertz CT molecular complexity index is 1320. The van der Waals surface area contributed by atoms with Gasteiger partial charge in [-0.15, -0.1) is 10.2 Å². The molecule has 5 aromatic rings. The number of nitrogens with zero attached hydrogens (tertiary/aromatic N) is 4. The summed E-state index contributed by atoms with van der Waals surface area (Å²) in [5.41, 5.74) is 2.55. The average molecular weight is 422 g/mol. The van der Waals surface area contributed by atoms with Gasteiger partial charge in [0.2, 0.25) is 4.96 Å². The van der Waals surface area contributed by atoms with Crippen molar-refractivity contribution in [3.8, 4) is 33.1 Å². The van der Waals surface area contributed by atoms with E-state index in [1.165, 1.54) is 23.5 Å². The summed E-state index contributed by atoms with van der Waals surface area (Å²) in [6.07, 6.45) is -4.36. The topological polar surface area (TPSA) is 43.1 Å². The van der Waals surface area contributed by atoms with E-state index in [0.29, 0.717) is 21.4 Å². The van der Waals surface area contributed by atoms with Crippen molar-refractivity contribution in [1.29, 1.82) is 0 Å². The Morgan fingerprint density at radius 2 is 1.37 bits per heavy atom. The first-order valence-electron chi connectivity index (χ1n) is 9.05. The molecule has 3 aromatic carbocycles. The summed E-state index contributed by atoms with van der Waals surface area (Å²) >= 11 is 1.38. The van der Waals surface area contributed by atoms with Crippen molar-refractivity contribution in [2.75, 3.05) is 0 Å². The number of benzene rings is 3. The lowest BCUT2D eigenvalue weighted by Gasteiger charge is -2.10. The summed E-state index contributed by atoms with van der Waals surface area (Å²) in [4.78, 5) is 0.645. The molecule has 0 aliphatic carbocycles. The van der Waals surface area contributed by atoms with Crippen LogP contribution in [-0.4, -0.2) is 19.8 Å². The number of halogens is 3. The Morgan fingerprint density at radius 1 is 0.700 bits per heavy atom. The fourth-order valence-electron chi connectivity index (χ4n) is 3.25. The van der Waals surface area contributed by atoms with Gasteiger partial charge >= 0.3 is 6.18 Å².